The van der Waals surface area contributed by atoms with Crippen LogP contribution in [0.4, 0.5) is 5.82 Å². The Bertz CT molecular complexity index is 490. The molecule has 2 rings (SSSR count). The van der Waals surface area contributed by atoms with Gasteiger partial charge in [0.1, 0.15) is 4.90 Å². The van der Waals surface area contributed by atoms with Gasteiger partial charge < -0.3 is 5.73 Å². The largest absolute Gasteiger partial charge is 0.381 e. The lowest BCUT2D eigenvalue weighted by Crippen LogP contribution is -2.27. The predicted octanol–water partition coefficient (Wildman–Crippen LogP) is 0.471. The minimum absolute atomic E-state index is 0.0450. The summed E-state index contributed by atoms with van der Waals surface area (Å²) in [6.45, 7) is 0.474. The van der Waals surface area contributed by atoms with Gasteiger partial charge in [-0.3, -0.25) is 4.68 Å². The van der Waals surface area contributed by atoms with E-state index in [1.54, 1.807) is 7.05 Å². The monoisotopic (exact) mass is 258 g/mol. The van der Waals surface area contributed by atoms with E-state index in [2.05, 4.69) is 9.82 Å². The van der Waals surface area contributed by atoms with Gasteiger partial charge >= 0.3 is 0 Å². The lowest BCUT2D eigenvalue weighted by molar-refractivity contribution is 0.297. The molecule has 0 bridgehead atoms. The second kappa shape index (κ2) is 4.66. The maximum atomic E-state index is 11.9. The molecule has 0 aliphatic heterocycles. The number of anilines is 1. The summed E-state index contributed by atoms with van der Waals surface area (Å²) in [5.41, 5.74) is 5.55. The Morgan fingerprint density at radius 3 is 2.76 bits per heavy atom. The van der Waals surface area contributed by atoms with Crippen LogP contribution in [0.5, 0.6) is 0 Å². The van der Waals surface area contributed by atoms with E-state index in [1.165, 1.54) is 30.1 Å². The first-order valence-corrected chi connectivity index (χ1v) is 7.26. The van der Waals surface area contributed by atoms with E-state index < -0.39 is 10.0 Å². The number of nitrogen functional groups attached to an aromatic ring is 1. The summed E-state index contributed by atoms with van der Waals surface area (Å²) in [6.07, 6.45) is 6.03. The van der Waals surface area contributed by atoms with Crippen LogP contribution in [0.2, 0.25) is 0 Å². The fourth-order valence-electron chi connectivity index (χ4n) is 1.95. The maximum absolute atomic E-state index is 11.9. The van der Waals surface area contributed by atoms with Crippen LogP contribution in [0.1, 0.15) is 25.7 Å². The fourth-order valence-corrected chi connectivity index (χ4v) is 3.10. The summed E-state index contributed by atoms with van der Waals surface area (Å²) in [5.74, 6) is 0.729. The molecule has 0 amide bonds. The first kappa shape index (κ1) is 12.4. The molecule has 3 N–H and O–H groups in total. The van der Waals surface area contributed by atoms with Gasteiger partial charge in [-0.2, -0.15) is 5.10 Å². The average molecular weight is 258 g/mol. The molecule has 0 radical (unpaired) electrons. The van der Waals surface area contributed by atoms with E-state index in [-0.39, 0.29) is 10.7 Å². The van der Waals surface area contributed by atoms with Crippen molar-refractivity contribution in [2.75, 3.05) is 12.3 Å². The minimum atomic E-state index is -3.51. The third-order valence-electron chi connectivity index (χ3n) is 3.18. The fraction of sp³-hybridized carbons (Fsp3) is 0.700. The number of hydrogen-bond donors (Lipinski definition) is 2. The highest BCUT2D eigenvalue weighted by molar-refractivity contribution is 7.89. The number of sulfonamides is 1. The molecule has 1 aromatic heterocycles. The summed E-state index contributed by atoms with van der Waals surface area (Å²) in [4.78, 5) is 0.0635. The Labute approximate surface area is 101 Å². The van der Waals surface area contributed by atoms with Crippen molar-refractivity contribution in [3.8, 4) is 0 Å². The van der Waals surface area contributed by atoms with E-state index in [0.717, 1.165) is 6.42 Å². The molecule has 7 heteroatoms. The van der Waals surface area contributed by atoms with Gasteiger partial charge in [-0.15, -0.1) is 0 Å². The Morgan fingerprint density at radius 2 is 2.29 bits per heavy atom. The molecular formula is C10H18N4O2S. The highest BCUT2D eigenvalue weighted by Crippen LogP contribution is 2.28. The molecule has 1 fully saturated rings. The lowest BCUT2D eigenvalue weighted by Gasteiger charge is -2.24. The van der Waals surface area contributed by atoms with Crippen molar-refractivity contribution < 1.29 is 8.42 Å². The zero-order valence-corrected chi connectivity index (χ0v) is 10.7. The van der Waals surface area contributed by atoms with Crippen LogP contribution in [0.3, 0.4) is 0 Å². The van der Waals surface area contributed by atoms with Gasteiger partial charge in [-0.25, -0.2) is 13.1 Å². The average Bonchev–Trinajstić information content (AvgIpc) is 2.50. The Balaban J connectivity index is 1.95. The molecule has 6 nitrogen and oxygen atoms in total. The van der Waals surface area contributed by atoms with Gasteiger partial charge in [0.15, 0.2) is 5.82 Å². The van der Waals surface area contributed by atoms with Crippen molar-refractivity contribution >= 4 is 15.8 Å². The van der Waals surface area contributed by atoms with Crippen molar-refractivity contribution in [3.05, 3.63) is 6.20 Å². The first-order chi connectivity index (χ1) is 7.99. The van der Waals surface area contributed by atoms with Crippen LogP contribution in [0.15, 0.2) is 11.1 Å². The molecular weight excluding hydrogens is 240 g/mol. The van der Waals surface area contributed by atoms with Crippen molar-refractivity contribution in [2.45, 2.75) is 30.6 Å². The van der Waals surface area contributed by atoms with E-state index in [0.29, 0.717) is 12.5 Å². The number of nitrogens with zero attached hydrogens (tertiary/aromatic N) is 2. The molecule has 0 spiro atoms. The van der Waals surface area contributed by atoms with Crippen LogP contribution in [0.25, 0.3) is 0 Å². The Hall–Kier alpha value is -1.08. The molecule has 0 unspecified atom stereocenters. The van der Waals surface area contributed by atoms with Crippen molar-refractivity contribution in [2.24, 2.45) is 13.0 Å². The van der Waals surface area contributed by atoms with E-state index in [4.69, 9.17) is 5.73 Å². The van der Waals surface area contributed by atoms with Gasteiger partial charge in [-0.05, 0) is 12.3 Å². The molecule has 1 heterocycles. The number of nitrogens with one attached hydrogen (secondary N) is 1. The molecule has 1 aliphatic rings. The van der Waals surface area contributed by atoms with Crippen LogP contribution in [0, 0.1) is 5.92 Å². The number of aromatic nitrogens is 2. The topological polar surface area (TPSA) is 90.0 Å². The lowest BCUT2D eigenvalue weighted by atomic mass is 9.83. The molecule has 0 saturated heterocycles. The Morgan fingerprint density at radius 1 is 1.59 bits per heavy atom. The summed E-state index contributed by atoms with van der Waals surface area (Å²) in [6, 6.07) is 0. The van der Waals surface area contributed by atoms with E-state index in [9.17, 15) is 8.42 Å². The molecule has 0 atom stereocenters. The molecule has 17 heavy (non-hydrogen) atoms. The second-order valence-corrected chi connectivity index (χ2v) is 6.27. The summed E-state index contributed by atoms with van der Waals surface area (Å²) in [7, 11) is -1.87. The number of hydrogen-bond acceptors (Lipinski definition) is 4. The minimum Gasteiger partial charge on any atom is -0.381 e. The molecule has 0 aromatic carbocycles. The quantitative estimate of drug-likeness (QED) is 0.803. The maximum Gasteiger partial charge on any atom is 0.245 e. The molecule has 1 aromatic rings. The van der Waals surface area contributed by atoms with E-state index in [1.807, 2.05) is 0 Å². The molecule has 96 valence electrons. The standard InChI is InChI=1S/C10H18N4O2S/c1-14-7-9(10(11)13-14)17(15,16)12-6-5-8-3-2-4-8/h7-8,12H,2-6H2,1H3,(H2,11,13). The van der Waals surface area contributed by atoms with Gasteiger partial charge in [-0.1, -0.05) is 19.3 Å². The van der Waals surface area contributed by atoms with Gasteiger partial charge in [0, 0.05) is 19.8 Å². The van der Waals surface area contributed by atoms with Gasteiger partial charge in [0.2, 0.25) is 10.0 Å². The summed E-state index contributed by atoms with van der Waals surface area (Å²) in [5, 5.41) is 3.82. The Kier molecular flexibility index (Phi) is 3.39. The summed E-state index contributed by atoms with van der Waals surface area (Å²) >= 11 is 0. The normalized spacial score (nSPS) is 17.0. The highest BCUT2D eigenvalue weighted by atomic mass is 32.2. The number of nitrogens with two attached hydrogens (primary N) is 1. The van der Waals surface area contributed by atoms with Crippen molar-refractivity contribution in [1.82, 2.24) is 14.5 Å². The smallest absolute Gasteiger partial charge is 0.245 e. The second-order valence-electron chi connectivity index (χ2n) is 4.54. The van der Waals surface area contributed by atoms with Gasteiger partial charge in [0.25, 0.3) is 0 Å². The van der Waals surface area contributed by atoms with E-state index >= 15 is 0 Å². The zero-order valence-electron chi connectivity index (χ0n) is 9.89. The molecule has 1 saturated carbocycles. The van der Waals surface area contributed by atoms with Crippen LogP contribution < -0.4 is 10.5 Å². The van der Waals surface area contributed by atoms with Crippen LogP contribution in [-0.4, -0.2) is 24.7 Å². The van der Waals surface area contributed by atoms with Gasteiger partial charge in [0.05, 0.1) is 0 Å². The zero-order chi connectivity index (χ0) is 12.5. The SMILES string of the molecule is Cn1cc(S(=O)(=O)NCCC2CCC2)c(N)n1. The third-order valence-corrected chi connectivity index (χ3v) is 4.66. The van der Waals surface area contributed by atoms with Crippen molar-refractivity contribution in [1.29, 1.82) is 0 Å². The highest BCUT2D eigenvalue weighted by Gasteiger charge is 2.22. The number of rotatable bonds is 5. The predicted molar refractivity (Wildman–Crippen MR) is 64.8 cm³/mol. The van der Waals surface area contributed by atoms with Crippen molar-refractivity contribution in [3.63, 3.8) is 0 Å². The first-order valence-electron chi connectivity index (χ1n) is 5.78. The summed E-state index contributed by atoms with van der Waals surface area (Å²) < 4.78 is 27.8. The molecule has 1 aliphatic carbocycles. The third kappa shape index (κ3) is 2.78. The number of aryl methyl sites for hydroxylation is 1. The van der Waals surface area contributed by atoms with Crippen LogP contribution in [-0.2, 0) is 17.1 Å². The van der Waals surface area contributed by atoms with Crippen LogP contribution >= 0.6 is 0 Å².